The molecule has 0 aliphatic heterocycles. The number of rotatable bonds is 8. The minimum Gasteiger partial charge on any atom is -0.480 e. The molecular formula is C14H25NO4S. The maximum Gasteiger partial charge on any atom is 0.326 e. The zero-order valence-corrected chi connectivity index (χ0v) is 13.5. The van der Waals surface area contributed by atoms with Crippen molar-refractivity contribution in [3.8, 4) is 0 Å². The zero-order valence-electron chi connectivity index (χ0n) is 12.6. The van der Waals surface area contributed by atoms with Crippen LogP contribution in [-0.4, -0.2) is 45.5 Å². The smallest absolute Gasteiger partial charge is 0.326 e. The van der Waals surface area contributed by atoms with E-state index in [1.54, 1.807) is 27.7 Å². The monoisotopic (exact) mass is 303 g/mol. The molecule has 0 aliphatic rings. The Morgan fingerprint density at radius 1 is 1.35 bits per heavy atom. The summed E-state index contributed by atoms with van der Waals surface area (Å²) in [4.78, 5) is 36.0. The summed E-state index contributed by atoms with van der Waals surface area (Å²) in [5, 5.41) is 9.40. The summed E-state index contributed by atoms with van der Waals surface area (Å²) >= 11 is 4.07. The van der Waals surface area contributed by atoms with Gasteiger partial charge in [-0.1, -0.05) is 6.92 Å². The molecule has 0 saturated heterocycles. The molecule has 1 N–H and O–H groups in total. The Labute approximate surface area is 126 Å². The van der Waals surface area contributed by atoms with Crippen LogP contribution in [0.1, 0.15) is 47.0 Å². The molecule has 0 aromatic heterocycles. The van der Waals surface area contributed by atoms with E-state index in [0.717, 1.165) is 6.29 Å². The largest absolute Gasteiger partial charge is 0.480 e. The third-order valence-electron chi connectivity index (χ3n) is 2.96. The molecule has 0 spiro atoms. The number of hydrogen-bond acceptors (Lipinski definition) is 4. The summed E-state index contributed by atoms with van der Waals surface area (Å²) in [7, 11) is 0. The normalized spacial score (nSPS) is 14.4. The molecule has 0 radical (unpaired) electrons. The fourth-order valence-corrected chi connectivity index (χ4v) is 2.25. The standard InChI is InChI=1S/C14H25NO4S/c1-10(9-16)8-11(13(18)19)15(14(2,3)4)12(17)6-5-7-20/h9-11,20H,5-8H2,1-4H3,(H,18,19)/t10?,11-/m0/s1. The molecule has 1 amide bonds. The van der Waals surface area contributed by atoms with Crippen molar-refractivity contribution < 1.29 is 19.5 Å². The second-order valence-corrected chi connectivity index (χ2v) is 6.41. The summed E-state index contributed by atoms with van der Waals surface area (Å²) in [5.41, 5.74) is -0.612. The number of aliphatic carboxylic acids is 1. The van der Waals surface area contributed by atoms with E-state index in [4.69, 9.17) is 0 Å². The van der Waals surface area contributed by atoms with Crippen molar-refractivity contribution in [3.05, 3.63) is 0 Å². The van der Waals surface area contributed by atoms with Crippen LogP contribution in [0, 0.1) is 5.92 Å². The molecule has 2 atom stereocenters. The number of carbonyl (C=O) groups is 3. The number of carbonyl (C=O) groups excluding carboxylic acids is 2. The molecule has 0 saturated carbocycles. The molecule has 1 unspecified atom stereocenters. The molecule has 6 heteroatoms. The van der Waals surface area contributed by atoms with Crippen LogP contribution < -0.4 is 0 Å². The van der Waals surface area contributed by atoms with Gasteiger partial charge in [-0.25, -0.2) is 4.79 Å². The van der Waals surface area contributed by atoms with Crippen LogP contribution >= 0.6 is 12.6 Å². The molecular weight excluding hydrogens is 278 g/mol. The summed E-state index contributed by atoms with van der Waals surface area (Å²) in [6, 6.07) is -0.984. The van der Waals surface area contributed by atoms with Crippen molar-refractivity contribution in [2.45, 2.75) is 58.5 Å². The van der Waals surface area contributed by atoms with Crippen molar-refractivity contribution >= 4 is 30.8 Å². The average molecular weight is 303 g/mol. The average Bonchev–Trinajstić information content (AvgIpc) is 2.33. The molecule has 0 aliphatic carbocycles. The van der Waals surface area contributed by atoms with Gasteiger partial charge in [0.15, 0.2) is 0 Å². The maximum atomic E-state index is 12.3. The van der Waals surface area contributed by atoms with E-state index in [-0.39, 0.29) is 18.7 Å². The third kappa shape index (κ3) is 5.94. The van der Waals surface area contributed by atoms with Gasteiger partial charge in [-0.3, -0.25) is 4.79 Å². The maximum absolute atomic E-state index is 12.3. The number of carboxylic acids is 1. The lowest BCUT2D eigenvalue weighted by Crippen LogP contribution is -2.55. The number of nitrogens with zero attached hydrogens (tertiary/aromatic N) is 1. The van der Waals surface area contributed by atoms with Crippen LogP contribution in [0.25, 0.3) is 0 Å². The van der Waals surface area contributed by atoms with Crippen molar-refractivity contribution in [2.75, 3.05) is 5.75 Å². The third-order valence-corrected chi connectivity index (χ3v) is 3.28. The van der Waals surface area contributed by atoms with Gasteiger partial charge in [0.1, 0.15) is 12.3 Å². The Balaban J connectivity index is 5.28. The van der Waals surface area contributed by atoms with Gasteiger partial charge < -0.3 is 14.8 Å². The van der Waals surface area contributed by atoms with Gasteiger partial charge >= 0.3 is 5.97 Å². The molecule has 116 valence electrons. The lowest BCUT2D eigenvalue weighted by molar-refractivity contribution is -0.156. The highest BCUT2D eigenvalue weighted by Gasteiger charge is 2.37. The van der Waals surface area contributed by atoms with E-state index in [2.05, 4.69) is 12.6 Å². The molecule has 0 fully saturated rings. The summed E-state index contributed by atoms with van der Waals surface area (Å²) < 4.78 is 0. The number of hydrogen-bond donors (Lipinski definition) is 2. The highest BCUT2D eigenvalue weighted by molar-refractivity contribution is 7.80. The molecule has 0 aromatic rings. The topological polar surface area (TPSA) is 74.7 Å². The molecule has 0 rings (SSSR count). The minimum atomic E-state index is -1.08. The van der Waals surface area contributed by atoms with Crippen molar-refractivity contribution in [1.82, 2.24) is 4.90 Å². The summed E-state index contributed by atoms with van der Waals surface area (Å²) in [5.74, 6) is -1.12. The molecule has 0 aromatic carbocycles. The van der Waals surface area contributed by atoms with Crippen LogP contribution in [0.5, 0.6) is 0 Å². The lowest BCUT2D eigenvalue weighted by atomic mass is 9.95. The predicted molar refractivity (Wildman–Crippen MR) is 81.0 cm³/mol. The van der Waals surface area contributed by atoms with Gasteiger partial charge in [-0.15, -0.1) is 0 Å². The Morgan fingerprint density at radius 2 is 1.90 bits per heavy atom. The SMILES string of the molecule is CC(C=O)C[C@@H](C(=O)O)N(C(=O)CCCS)C(C)(C)C. The first-order valence-electron chi connectivity index (χ1n) is 6.76. The Kier molecular flexibility index (Phi) is 7.86. The van der Waals surface area contributed by atoms with E-state index < -0.39 is 23.5 Å². The predicted octanol–water partition coefficient (Wildman–Crippen LogP) is 2.00. The van der Waals surface area contributed by atoms with E-state index in [1.165, 1.54) is 4.90 Å². The number of carboxylic acid groups (broad SMARTS) is 1. The highest BCUT2D eigenvalue weighted by Crippen LogP contribution is 2.23. The van der Waals surface area contributed by atoms with Gasteiger partial charge in [0.05, 0.1) is 0 Å². The fourth-order valence-electron chi connectivity index (χ4n) is 2.09. The molecule has 0 bridgehead atoms. The first kappa shape index (κ1) is 19.0. The van der Waals surface area contributed by atoms with Gasteiger partial charge in [0.2, 0.25) is 5.91 Å². The summed E-state index contributed by atoms with van der Waals surface area (Å²) in [6.07, 6.45) is 1.71. The van der Waals surface area contributed by atoms with E-state index in [0.29, 0.717) is 12.2 Å². The Hall–Kier alpha value is -1.04. The van der Waals surface area contributed by atoms with E-state index >= 15 is 0 Å². The molecule has 5 nitrogen and oxygen atoms in total. The lowest BCUT2D eigenvalue weighted by Gasteiger charge is -2.40. The number of amides is 1. The van der Waals surface area contributed by atoms with E-state index in [9.17, 15) is 19.5 Å². The van der Waals surface area contributed by atoms with Crippen LogP contribution in [0.15, 0.2) is 0 Å². The van der Waals surface area contributed by atoms with Crippen molar-refractivity contribution in [2.24, 2.45) is 5.92 Å². The number of aldehydes is 1. The minimum absolute atomic E-state index is 0.128. The van der Waals surface area contributed by atoms with Gasteiger partial charge in [-0.2, -0.15) is 12.6 Å². The second-order valence-electron chi connectivity index (χ2n) is 5.96. The summed E-state index contributed by atoms with van der Waals surface area (Å²) in [6.45, 7) is 7.05. The quantitative estimate of drug-likeness (QED) is 0.531. The molecule has 20 heavy (non-hydrogen) atoms. The fraction of sp³-hybridized carbons (Fsp3) is 0.786. The number of thiol groups is 1. The van der Waals surface area contributed by atoms with Gasteiger partial charge in [-0.05, 0) is 39.4 Å². The van der Waals surface area contributed by atoms with Crippen LogP contribution in [-0.2, 0) is 14.4 Å². The zero-order chi connectivity index (χ0) is 15.9. The van der Waals surface area contributed by atoms with Crippen LogP contribution in [0.2, 0.25) is 0 Å². The van der Waals surface area contributed by atoms with Gasteiger partial charge in [0.25, 0.3) is 0 Å². The van der Waals surface area contributed by atoms with Gasteiger partial charge in [0, 0.05) is 17.9 Å². The second kappa shape index (κ2) is 8.29. The highest BCUT2D eigenvalue weighted by atomic mass is 32.1. The molecule has 0 heterocycles. The van der Waals surface area contributed by atoms with Crippen LogP contribution in [0.4, 0.5) is 0 Å². The van der Waals surface area contributed by atoms with E-state index in [1.807, 2.05) is 0 Å². The Morgan fingerprint density at radius 3 is 2.25 bits per heavy atom. The van der Waals surface area contributed by atoms with Crippen molar-refractivity contribution in [3.63, 3.8) is 0 Å². The Bertz CT molecular complexity index is 352. The first-order valence-corrected chi connectivity index (χ1v) is 7.39. The van der Waals surface area contributed by atoms with Crippen molar-refractivity contribution in [1.29, 1.82) is 0 Å². The van der Waals surface area contributed by atoms with Crippen LogP contribution in [0.3, 0.4) is 0 Å². The first-order chi connectivity index (χ1) is 9.15.